The molecule has 5 heteroatoms. The second-order valence-electron chi connectivity index (χ2n) is 4.13. The van der Waals surface area contributed by atoms with Gasteiger partial charge in [-0.1, -0.05) is 17.7 Å². The molecule has 0 saturated carbocycles. The minimum atomic E-state index is -0.549. The third-order valence-corrected chi connectivity index (χ3v) is 2.46. The molecule has 94 valence electrons. The van der Waals surface area contributed by atoms with Crippen LogP contribution >= 0.6 is 11.6 Å². The molecule has 1 rings (SSSR count). The van der Waals surface area contributed by atoms with Crippen molar-refractivity contribution in [1.82, 2.24) is 5.32 Å². The third-order valence-electron chi connectivity index (χ3n) is 2.15. The zero-order valence-corrected chi connectivity index (χ0v) is 10.8. The number of benzene rings is 1. The summed E-state index contributed by atoms with van der Waals surface area (Å²) in [4.78, 5) is 11.6. The van der Waals surface area contributed by atoms with Crippen LogP contribution in [0.3, 0.4) is 0 Å². The van der Waals surface area contributed by atoms with Crippen molar-refractivity contribution in [2.24, 2.45) is 0 Å². The third kappa shape index (κ3) is 3.89. The smallest absolute Gasteiger partial charge is 0.242 e. The number of halogens is 2. The monoisotopic (exact) mass is 258 g/mol. The van der Waals surface area contributed by atoms with Crippen LogP contribution in [0.5, 0.6) is 0 Å². The van der Waals surface area contributed by atoms with Gasteiger partial charge in [0.05, 0.1) is 10.7 Å². The number of hydrogen-bond acceptors (Lipinski definition) is 2. The SMILES string of the molecule is CC(C)NC(=O)C(C)Nc1c(F)cccc1Cl. The van der Waals surface area contributed by atoms with Crippen LogP contribution in [-0.2, 0) is 4.79 Å². The summed E-state index contributed by atoms with van der Waals surface area (Å²) >= 11 is 5.85. The minimum absolute atomic E-state index is 0.0443. The molecular weight excluding hydrogens is 243 g/mol. The Hall–Kier alpha value is -1.29. The predicted molar refractivity (Wildman–Crippen MR) is 67.8 cm³/mol. The van der Waals surface area contributed by atoms with Crippen molar-refractivity contribution in [2.45, 2.75) is 32.9 Å². The first-order valence-corrected chi connectivity index (χ1v) is 5.80. The van der Waals surface area contributed by atoms with Crippen LogP contribution in [0.4, 0.5) is 10.1 Å². The molecule has 1 aromatic carbocycles. The second kappa shape index (κ2) is 5.87. The molecule has 1 unspecified atom stereocenters. The second-order valence-corrected chi connectivity index (χ2v) is 4.53. The lowest BCUT2D eigenvalue weighted by atomic mass is 10.2. The Balaban J connectivity index is 2.74. The number of para-hydroxylation sites is 1. The van der Waals surface area contributed by atoms with Crippen molar-refractivity contribution >= 4 is 23.2 Å². The van der Waals surface area contributed by atoms with Gasteiger partial charge in [0.1, 0.15) is 11.9 Å². The van der Waals surface area contributed by atoms with E-state index in [0.29, 0.717) is 0 Å². The highest BCUT2D eigenvalue weighted by Gasteiger charge is 2.16. The highest BCUT2D eigenvalue weighted by Crippen LogP contribution is 2.25. The highest BCUT2D eigenvalue weighted by atomic mass is 35.5. The summed E-state index contributed by atoms with van der Waals surface area (Å²) in [7, 11) is 0. The van der Waals surface area contributed by atoms with Crippen LogP contribution in [0.2, 0.25) is 5.02 Å². The van der Waals surface area contributed by atoms with Gasteiger partial charge in [0.15, 0.2) is 0 Å². The summed E-state index contributed by atoms with van der Waals surface area (Å²) in [6, 6.07) is 3.87. The molecule has 3 nitrogen and oxygen atoms in total. The normalized spacial score (nSPS) is 12.4. The van der Waals surface area contributed by atoms with E-state index in [0.717, 1.165) is 0 Å². The maximum Gasteiger partial charge on any atom is 0.242 e. The van der Waals surface area contributed by atoms with Gasteiger partial charge in [-0.3, -0.25) is 4.79 Å². The quantitative estimate of drug-likeness (QED) is 0.872. The molecule has 0 heterocycles. The number of nitrogens with one attached hydrogen (secondary N) is 2. The Morgan fingerprint density at radius 1 is 1.35 bits per heavy atom. The molecule has 1 atom stereocenters. The number of carbonyl (C=O) groups excluding carboxylic acids is 1. The summed E-state index contributed by atoms with van der Waals surface area (Å²) in [6.07, 6.45) is 0. The lowest BCUT2D eigenvalue weighted by Crippen LogP contribution is -2.41. The van der Waals surface area contributed by atoms with E-state index in [1.807, 2.05) is 13.8 Å². The van der Waals surface area contributed by atoms with Gasteiger partial charge in [-0.2, -0.15) is 0 Å². The summed E-state index contributed by atoms with van der Waals surface area (Å²) < 4.78 is 13.5. The van der Waals surface area contributed by atoms with Crippen molar-refractivity contribution in [3.8, 4) is 0 Å². The molecule has 0 aliphatic carbocycles. The molecule has 0 aliphatic heterocycles. The fourth-order valence-electron chi connectivity index (χ4n) is 1.33. The Labute approximate surface area is 105 Å². The number of carbonyl (C=O) groups is 1. The molecule has 0 aromatic heterocycles. The van der Waals surface area contributed by atoms with E-state index < -0.39 is 11.9 Å². The molecule has 0 radical (unpaired) electrons. The molecule has 1 aromatic rings. The lowest BCUT2D eigenvalue weighted by molar-refractivity contribution is -0.122. The first kappa shape index (κ1) is 13.8. The summed E-state index contributed by atoms with van der Waals surface area (Å²) in [5.74, 6) is -0.666. The molecule has 17 heavy (non-hydrogen) atoms. The fourth-order valence-corrected chi connectivity index (χ4v) is 1.54. The van der Waals surface area contributed by atoms with Gasteiger partial charge >= 0.3 is 0 Å². The van der Waals surface area contributed by atoms with E-state index in [9.17, 15) is 9.18 Å². The van der Waals surface area contributed by atoms with Crippen LogP contribution in [0, 0.1) is 5.82 Å². The highest BCUT2D eigenvalue weighted by molar-refractivity contribution is 6.33. The van der Waals surface area contributed by atoms with Gasteiger partial charge in [0.2, 0.25) is 5.91 Å². The first-order chi connectivity index (χ1) is 7.91. The number of anilines is 1. The molecule has 0 spiro atoms. The van der Waals surface area contributed by atoms with E-state index in [2.05, 4.69) is 10.6 Å². The maximum absolute atomic E-state index is 13.5. The molecule has 0 aliphatic rings. The fraction of sp³-hybridized carbons (Fsp3) is 0.417. The zero-order valence-electron chi connectivity index (χ0n) is 10.1. The Bertz CT molecular complexity index is 389. The number of hydrogen-bond donors (Lipinski definition) is 2. The topological polar surface area (TPSA) is 41.1 Å². The van der Waals surface area contributed by atoms with E-state index >= 15 is 0 Å². The first-order valence-electron chi connectivity index (χ1n) is 5.42. The standard InChI is InChI=1S/C12H16ClFN2O/c1-7(2)15-12(17)8(3)16-11-9(13)5-4-6-10(11)14/h4-8,16H,1-3H3,(H,15,17). The molecular formula is C12H16ClFN2O. The lowest BCUT2D eigenvalue weighted by Gasteiger charge is -2.18. The van der Waals surface area contributed by atoms with Crippen LogP contribution in [-0.4, -0.2) is 18.0 Å². The van der Waals surface area contributed by atoms with E-state index in [1.54, 1.807) is 13.0 Å². The summed E-state index contributed by atoms with van der Waals surface area (Å²) in [6.45, 7) is 5.38. The Morgan fingerprint density at radius 3 is 2.53 bits per heavy atom. The van der Waals surface area contributed by atoms with E-state index in [-0.39, 0.29) is 22.7 Å². The van der Waals surface area contributed by atoms with Crippen molar-refractivity contribution in [1.29, 1.82) is 0 Å². The van der Waals surface area contributed by atoms with Crippen molar-refractivity contribution in [2.75, 3.05) is 5.32 Å². The van der Waals surface area contributed by atoms with Crippen molar-refractivity contribution < 1.29 is 9.18 Å². The largest absolute Gasteiger partial charge is 0.370 e. The average Bonchev–Trinajstić information content (AvgIpc) is 2.22. The van der Waals surface area contributed by atoms with Crippen LogP contribution < -0.4 is 10.6 Å². The molecule has 2 N–H and O–H groups in total. The van der Waals surface area contributed by atoms with Crippen LogP contribution in [0.25, 0.3) is 0 Å². The van der Waals surface area contributed by atoms with Crippen LogP contribution in [0.1, 0.15) is 20.8 Å². The van der Waals surface area contributed by atoms with Gasteiger partial charge < -0.3 is 10.6 Å². The minimum Gasteiger partial charge on any atom is -0.370 e. The van der Waals surface area contributed by atoms with Crippen LogP contribution in [0.15, 0.2) is 18.2 Å². The van der Waals surface area contributed by atoms with Gasteiger partial charge in [-0.05, 0) is 32.9 Å². The van der Waals surface area contributed by atoms with Gasteiger partial charge in [0.25, 0.3) is 0 Å². The molecule has 1 amide bonds. The van der Waals surface area contributed by atoms with Gasteiger partial charge in [-0.25, -0.2) is 4.39 Å². The Morgan fingerprint density at radius 2 is 2.00 bits per heavy atom. The van der Waals surface area contributed by atoms with E-state index in [4.69, 9.17) is 11.6 Å². The number of amides is 1. The van der Waals surface area contributed by atoms with Crippen molar-refractivity contribution in [3.05, 3.63) is 29.0 Å². The predicted octanol–water partition coefficient (Wildman–Crippen LogP) is 2.80. The number of rotatable bonds is 4. The Kier molecular flexibility index (Phi) is 4.75. The maximum atomic E-state index is 13.5. The molecule has 0 bridgehead atoms. The van der Waals surface area contributed by atoms with E-state index in [1.165, 1.54) is 12.1 Å². The molecule has 0 fully saturated rings. The molecule has 0 saturated heterocycles. The average molecular weight is 259 g/mol. The summed E-state index contributed by atoms with van der Waals surface area (Å²) in [5, 5.41) is 5.76. The van der Waals surface area contributed by atoms with Gasteiger partial charge in [-0.15, -0.1) is 0 Å². The zero-order chi connectivity index (χ0) is 13.0. The summed E-state index contributed by atoms with van der Waals surface area (Å²) in [5.41, 5.74) is 0.153. The van der Waals surface area contributed by atoms with Gasteiger partial charge in [0, 0.05) is 6.04 Å². The van der Waals surface area contributed by atoms with Crippen molar-refractivity contribution in [3.63, 3.8) is 0 Å².